The summed E-state index contributed by atoms with van der Waals surface area (Å²) in [6.07, 6.45) is 9.26. The normalized spacial score (nSPS) is 37.0. The van der Waals surface area contributed by atoms with Gasteiger partial charge in [-0.1, -0.05) is 0 Å². The second-order valence-corrected chi connectivity index (χ2v) is 9.38. The van der Waals surface area contributed by atoms with Crippen LogP contribution < -0.4 is 5.32 Å². The van der Waals surface area contributed by atoms with E-state index in [-0.39, 0.29) is 17.2 Å². The number of rotatable bonds is 7. The highest BCUT2D eigenvalue weighted by Gasteiger charge is 2.54. The van der Waals surface area contributed by atoms with Crippen molar-refractivity contribution in [3.8, 4) is 0 Å². The molecule has 5 saturated carbocycles. The van der Waals surface area contributed by atoms with Crippen LogP contribution in [0.5, 0.6) is 0 Å². The van der Waals surface area contributed by atoms with Crippen molar-refractivity contribution in [3.05, 3.63) is 0 Å². The lowest BCUT2D eigenvalue weighted by Crippen LogP contribution is -2.53. The summed E-state index contributed by atoms with van der Waals surface area (Å²) in [7, 11) is 1.74. The number of likely N-dealkylation sites (N-methyl/N-ethyl adjacent to an activating group) is 1. The topological polar surface area (TPSA) is 69.6 Å². The minimum Gasteiger partial charge on any atom is -0.391 e. The molecule has 1 unspecified atom stereocenters. The van der Waals surface area contributed by atoms with Crippen molar-refractivity contribution in [2.45, 2.75) is 63.9 Å². The van der Waals surface area contributed by atoms with E-state index < -0.39 is 6.10 Å². The molecule has 0 saturated heterocycles. The van der Waals surface area contributed by atoms with Crippen molar-refractivity contribution >= 4 is 11.8 Å². The molecule has 0 aromatic rings. The first-order chi connectivity index (χ1) is 11.9. The van der Waals surface area contributed by atoms with Gasteiger partial charge in [0, 0.05) is 32.0 Å². The third kappa shape index (κ3) is 3.57. The zero-order valence-electron chi connectivity index (χ0n) is 15.4. The SMILES string of the molecule is CN(CC(O)C1CC1)C(=O)CCNC(=O)C12CC3CC(CC(C3)C1)C2. The summed E-state index contributed by atoms with van der Waals surface area (Å²) in [5.41, 5.74) is -0.133. The number of nitrogens with one attached hydrogen (secondary N) is 1. The molecule has 2 N–H and O–H groups in total. The van der Waals surface area contributed by atoms with Crippen LogP contribution in [0.4, 0.5) is 0 Å². The summed E-state index contributed by atoms with van der Waals surface area (Å²) in [5.74, 6) is 2.85. The predicted octanol–water partition coefficient (Wildman–Crippen LogP) is 1.94. The highest BCUT2D eigenvalue weighted by molar-refractivity contribution is 5.84. The Kier molecular flexibility index (Phi) is 4.55. The quantitative estimate of drug-likeness (QED) is 0.739. The Labute approximate surface area is 150 Å². The minimum absolute atomic E-state index is 0.00510. The van der Waals surface area contributed by atoms with Gasteiger partial charge in [0.15, 0.2) is 0 Å². The van der Waals surface area contributed by atoms with E-state index >= 15 is 0 Å². The molecule has 0 aromatic carbocycles. The van der Waals surface area contributed by atoms with Crippen molar-refractivity contribution in [1.29, 1.82) is 0 Å². The van der Waals surface area contributed by atoms with Crippen molar-refractivity contribution in [3.63, 3.8) is 0 Å². The Balaban J connectivity index is 1.23. The van der Waals surface area contributed by atoms with Gasteiger partial charge in [0.05, 0.1) is 6.10 Å². The van der Waals surface area contributed by atoms with Crippen LogP contribution >= 0.6 is 0 Å². The fourth-order valence-corrected chi connectivity index (χ4v) is 6.06. The monoisotopic (exact) mass is 348 g/mol. The molecule has 140 valence electrons. The highest BCUT2D eigenvalue weighted by atomic mass is 16.3. The minimum atomic E-state index is -0.393. The molecule has 0 spiro atoms. The van der Waals surface area contributed by atoms with Gasteiger partial charge < -0.3 is 15.3 Å². The molecule has 5 fully saturated rings. The summed E-state index contributed by atoms with van der Waals surface area (Å²) in [4.78, 5) is 26.7. The molecule has 0 radical (unpaired) electrons. The third-order valence-corrected chi connectivity index (χ3v) is 7.20. The molecular formula is C20H32N2O3. The van der Waals surface area contributed by atoms with Crippen molar-refractivity contribution in [2.24, 2.45) is 29.1 Å². The number of nitrogens with zero attached hydrogens (tertiary/aromatic N) is 1. The van der Waals surface area contributed by atoms with Crippen molar-refractivity contribution in [1.82, 2.24) is 10.2 Å². The van der Waals surface area contributed by atoms with Crippen LogP contribution in [0, 0.1) is 29.1 Å². The van der Waals surface area contributed by atoms with Crippen LogP contribution in [0.25, 0.3) is 0 Å². The van der Waals surface area contributed by atoms with Gasteiger partial charge in [-0.2, -0.15) is 0 Å². The van der Waals surface area contributed by atoms with Crippen molar-refractivity contribution < 1.29 is 14.7 Å². The molecule has 1 atom stereocenters. The molecule has 5 heteroatoms. The van der Waals surface area contributed by atoms with Crippen LogP contribution in [0.1, 0.15) is 57.8 Å². The third-order valence-electron chi connectivity index (χ3n) is 7.20. The molecule has 5 aliphatic rings. The van der Waals surface area contributed by atoms with E-state index in [1.807, 2.05) is 0 Å². The Morgan fingerprint density at radius 3 is 2.20 bits per heavy atom. The van der Waals surface area contributed by atoms with Crippen LogP contribution in [0.2, 0.25) is 0 Å². The first kappa shape index (κ1) is 17.3. The fourth-order valence-electron chi connectivity index (χ4n) is 6.06. The largest absolute Gasteiger partial charge is 0.391 e. The van der Waals surface area contributed by atoms with Crippen LogP contribution in [0.3, 0.4) is 0 Å². The molecular weight excluding hydrogens is 316 g/mol. The molecule has 5 nitrogen and oxygen atoms in total. The average Bonchev–Trinajstić information content (AvgIpc) is 3.38. The highest BCUT2D eigenvalue weighted by Crippen LogP contribution is 2.60. The lowest BCUT2D eigenvalue weighted by molar-refractivity contribution is -0.146. The molecule has 5 rings (SSSR count). The van der Waals surface area contributed by atoms with E-state index in [0.29, 0.717) is 25.4 Å². The molecule has 2 amide bonds. The van der Waals surface area contributed by atoms with Gasteiger partial charge in [-0.15, -0.1) is 0 Å². The van der Waals surface area contributed by atoms with Gasteiger partial charge in [0.1, 0.15) is 0 Å². The smallest absolute Gasteiger partial charge is 0.226 e. The average molecular weight is 348 g/mol. The van der Waals surface area contributed by atoms with E-state index in [0.717, 1.165) is 49.9 Å². The molecule has 4 bridgehead atoms. The number of carbonyl (C=O) groups is 2. The second-order valence-electron chi connectivity index (χ2n) is 9.38. The van der Waals surface area contributed by atoms with E-state index in [2.05, 4.69) is 5.32 Å². The maximum atomic E-state index is 12.8. The number of amides is 2. The van der Waals surface area contributed by atoms with Crippen LogP contribution in [-0.2, 0) is 9.59 Å². The zero-order chi connectivity index (χ0) is 17.6. The number of hydrogen-bond acceptors (Lipinski definition) is 3. The molecule has 0 aromatic heterocycles. The van der Waals surface area contributed by atoms with Gasteiger partial charge in [-0.25, -0.2) is 0 Å². The Hall–Kier alpha value is -1.10. The van der Waals surface area contributed by atoms with Gasteiger partial charge in [0.25, 0.3) is 0 Å². The zero-order valence-corrected chi connectivity index (χ0v) is 15.4. The Morgan fingerprint density at radius 1 is 1.12 bits per heavy atom. The van der Waals surface area contributed by atoms with E-state index in [1.54, 1.807) is 11.9 Å². The van der Waals surface area contributed by atoms with Crippen LogP contribution in [0.15, 0.2) is 0 Å². The van der Waals surface area contributed by atoms with E-state index in [4.69, 9.17) is 0 Å². The van der Waals surface area contributed by atoms with E-state index in [1.165, 1.54) is 19.3 Å². The van der Waals surface area contributed by atoms with Gasteiger partial charge in [-0.3, -0.25) is 9.59 Å². The van der Waals surface area contributed by atoms with Gasteiger partial charge in [0.2, 0.25) is 11.8 Å². The number of aliphatic hydroxyl groups excluding tert-OH is 1. The number of hydrogen-bond donors (Lipinski definition) is 2. The Morgan fingerprint density at radius 2 is 1.68 bits per heavy atom. The Bertz CT molecular complexity index is 508. The number of carbonyl (C=O) groups excluding carboxylic acids is 2. The summed E-state index contributed by atoms with van der Waals surface area (Å²) in [5, 5.41) is 13.0. The number of aliphatic hydroxyl groups is 1. The maximum Gasteiger partial charge on any atom is 0.226 e. The summed E-state index contributed by atoms with van der Waals surface area (Å²) < 4.78 is 0. The lowest BCUT2D eigenvalue weighted by Gasteiger charge is -2.55. The molecule has 5 aliphatic carbocycles. The standard InChI is InChI=1S/C20H32N2O3/c1-22(12-17(23)16-2-3-16)18(24)4-5-21-19(25)20-9-13-6-14(10-20)8-15(7-13)11-20/h13-17,23H,2-12H2,1H3,(H,21,25). The lowest BCUT2D eigenvalue weighted by atomic mass is 9.49. The summed E-state index contributed by atoms with van der Waals surface area (Å²) >= 11 is 0. The molecule has 25 heavy (non-hydrogen) atoms. The first-order valence-electron chi connectivity index (χ1n) is 10.2. The van der Waals surface area contributed by atoms with Gasteiger partial charge in [-0.05, 0) is 75.0 Å². The molecule has 0 heterocycles. The molecule has 0 aliphatic heterocycles. The predicted molar refractivity (Wildman–Crippen MR) is 94.6 cm³/mol. The van der Waals surface area contributed by atoms with E-state index in [9.17, 15) is 14.7 Å². The van der Waals surface area contributed by atoms with Crippen molar-refractivity contribution in [2.75, 3.05) is 20.1 Å². The maximum absolute atomic E-state index is 12.8. The summed E-state index contributed by atoms with van der Waals surface area (Å²) in [6, 6.07) is 0. The van der Waals surface area contributed by atoms with Crippen LogP contribution in [-0.4, -0.2) is 48.1 Å². The van der Waals surface area contributed by atoms with Gasteiger partial charge >= 0.3 is 0 Å². The summed E-state index contributed by atoms with van der Waals surface area (Å²) in [6.45, 7) is 0.829. The second kappa shape index (κ2) is 6.57. The fraction of sp³-hybridized carbons (Fsp3) is 0.900. The first-order valence-corrected chi connectivity index (χ1v) is 10.2.